The smallest absolute Gasteiger partial charge is 0.262 e. The number of hydrogen-bond acceptors (Lipinski definition) is 3. The third-order valence-electron chi connectivity index (χ3n) is 2.82. The summed E-state index contributed by atoms with van der Waals surface area (Å²) in [7, 11) is -3.98. The first-order valence-electron chi connectivity index (χ1n) is 5.99. The minimum absolute atomic E-state index is 0.282. The lowest BCUT2D eigenvalue weighted by Crippen LogP contribution is -2.21. The molecule has 4 nitrogen and oxygen atoms in total. The van der Waals surface area contributed by atoms with Crippen molar-refractivity contribution in [3.63, 3.8) is 0 Å². The van der Waals surface area contributed by atoms with Crippen molar-refractivity contribution >= 4 is 32.9 Å². The second-order valence-corrected chi connectivity index (χ2v) is 6.54. The molecule has 21 heavy (non-hydrogen) atoms. The van der Waals surface area contributed by atoms with Gasteiger partial charge in [-0.25, -0.2) is 12.8 Å². The fourth-order valence-corrected chi connectivity index (χ4v) is 3.36. The van der Waals surface area contributed by atoms with Gasteiger partial charge in [0.15, 0.2) is 0 Å². The second-order valence-electron chi connectivity index (χ2n) is 4.45. The molecule has 0 bridgehead atoms. The van der Waals surface area contributed by atoms with Gasteiger partial charge in [-0.05, 0) is 31.2 Å². The molecule has 0 aliphatic heterocycles. The van der Waals surface area contributed by atoms with Gasteiger partial charge in [0.05, 0.1) is 5.56 Å². The lowest BCUT2D eigenvalue weighted by molar-refractivity contribution is 0.594. The molecule has 2 aromatic rings. The van der Waals surface area contributed by atoms with E-state index in [0.29, 0.717) is 5.69 Å². The number of benzene rings is 2. The highest BCUT2D eigenvalue weighted by molar-refractivity contribution is 7.93. The van der Waals surface area contributed by atoms with E-state index in [1.165, 1.54) is 12.1 Å². The summed E-state index contributed by atoms with van der Waals surface area (Å²) < 4.78 is 40.9. The van der Waals surface area contributed by atoms with Crippen LogP contribution in [0.1, 0.15) is 11.1 Å². The van der Waals surface area contributed by atoms with Gasteiger partial charge in [-0.1, -0.05) is 36.0 Å². The van der Waals surface area contributed by atoms with Gasteiger partial charge in [-0.2, -0.15) is 0 Å². The molecule has 0 fully saturated rings. The lowest BCUT2D eigenvalue weighted by Gasteiger charge is -2.12. The van der Waals surface area contributed by atoms with Gasteiger partial charge in [-0.3, -0.25) is 4.72 Å². The van der Waals surface area contributed by atoms with Gasteiger partial charge in [0.2, 0.25) is 0 Å². The van der Waals surface area contributed by atoms with E-state index in [-0.39, 0.29) is 15.4 Å². The molecule has 2 aromatic carbocycles. The highest BCUT2D eigenvalue weighted by Crippen LogP contribution is 2.22. The molecule has 0 atom stereocenters. The summed E-state index contributed by atoms with van der Waals surface area (Å²) in [6, 6.07) is 10.4. The number of rotatable bonds is 4. The lowest BCUT2D eigenvalue weighted by atomic mass is 10.2. The zero-order chi connectivity index (χ0) is 15.6. The minimum Gasteiger partial charge on any atom is -0.389 e. The number of nitrogens with one attached hydrogen (secondary N) is 1. The maximum atomic E-state index is 13.8. The van der Waals surface area contributed by atoms with Crippen LogP contribution < -0.4 is 10.5 Å². The first kappa shape index (κ1) is 15.4. The first-order chi connectivity index (χ1) is 9.81. The molecule has 0 saturated carbocycles. The van der Waals surface area contributed by atoms with Crippen molar-refractivity contribution in [2.45, 2.75) is 11.8 Å². The van der Waals surface area contributed by atoms with Crippen LogP contribution in [-0.2, 0) is 10.0 Å². The second kappa shape index (κ2) is 5.79. The summed E-state index contributed by atoms with van der Waals surface area (Å²) in [6.45, 7) is 1.88. The van der Waals surface area contributed by atoms with Crippen molar-refractivity contribution in [1.82, 2.24) is 0 Å². The molecule has 7 heteroatoms. The summed E-state index contributed by atoms with van der Waals surface area (Å²) in [4.78, 5) is -0.590. The summed E-state index contributed by atoms with van der Waals surface area (Å²) >= 11 is 4.73. The SMILES string of the molecule is Cc1ccc(NS(=O)(=O)c2cccc(F)c2C(N)=S)cc1. The number of sulfonamides is 1. The number of hydrogen-bond donors (Lipinski definition) is 2. The van der Waals surface area contributed by atoms with E-state index >= 15 is 0 Å². The van der Waals surface area contributed by atoms with Crippen LogP contribution in [0.3, 0.4) is 0 Å². The van der Waals surface area contributed by atoms with E-state index < -0.39 is 15.8 Å². The zero-order valence-electron chi connectivity index (χ0n) is 11.1. The molecule has 0 aliphatic rings. The predicted octanol–water partition coefficient (Wildman–Crippen LogP) is 2.57. The molecule has 110 valence electrons. The monoisotopic (exact) mass is 324 g/mol. The van der Waals surface area contributed by atoms with Crippen LogP contribution in [0.2, 0.25) is 0 Å². The molecule has 2 rings (SSSR count). The van der Waals surface area contributed by atoms with Crippen molar-refractivity contribution in [3.8, 4) is 0 Å². The third kappa shape index (κ3) is 3.37. The van der Waals surface area contributed by atoms with E-state index in [9.17, 15) is 12.8 Å². The molecule has 0 saturated heterocycles. The van der Waals surface area contributed by atoms with Gasteiger partial charge < -0.3 is 5.73 Å². The third-order valence-corrected chi connectivity index (χ3v) is 4.44. The Labute approximate surface area is 127 Å². The molecule has 0 radical (unpaired) electrons. The summed E-state index contributed by atoms with van der Waals surface area (Å²) in [6.07, 6.45) is 0. The molecule has 0 spiro atoms. The standard InChI is InChI=1S/C14H13FN2O2S2/c1-9-5-7-10(8-6-9)17-21(18,19)12-4-2-3-11(15)13(12)14(16)20/h2-8,17H,1H3,(H2,16,20). The van der Waals surface area contributed by atoms with Crippen LogP contribution in [-0.4, -0.2) is 13.4 Å². The molecule has 0 amide bonds. The van der Waals surface area contributed by atoms with E-state index in [1.54, 1.807) is 24.3 Å². The molecule has 0 aromatic heterocycles. The Bertz CT molecular complexity index is 787. The average Bonchev–Trinajstić information content (AvgIpc) is 2.40. The fraction of sp³-hybridized carbons (Fsp3) is 0.0714. The van der Waals surface area contributed by atoms with E-state index in [2.05, 4.69) is 4.72 Å². The number of nitrogens with two attached hydrogens (primary N) is 1. The van der Waals surface area contributed by atoms with E-state index in [4.69, 9.17) is 18.0 Å². The number of aryl methyl sites for hydroxylation is 1. The van der Waals surface area contributed by atoms with Gasteiger partial charge in [0, 0.05) is 5.69 Å². The summed E-state index contributed by atoms with van der Waals surface area (Å²) in [5.41, 5.74) is 6.51. The van der Waals surface area contributed by atoms with Gasteiger partial charge in [0.25, 0.3) is 10.0 Å². The van der Waals surface area contributed by atoms with Crippen LogP contribution in [0.5, 0.6) is 0 Å². The van der Waals surface area contributed by atoms with Crippen molar-refractivity contribution in [3.05, 3.63) is 59.4 Å². The molecule has 0 unspecified atom stereocenters. The number of halogens is 1. The minimum atomic E-state index is -3.98. The maximum Gasteiger partial charge on any atom is 0.262 e. The highest BCUT2D eigenvalue weighted by atomic mass is 32.2. The first-order valence-corrected chi connectivity index (χ1v) is 7.88. The van der Waals surface area contributed by atoms with Gasteiger partial charge in [0.1, 0.15) is 15.7 Å². The normalized spacial score (nSPS) is 11.1. The van der Waals surface area contributed by atoms with Crippen LogP contribution in [0.25, 0.3) is 0 Å². The van der Waals surface area contributed by atoms with Gasteiger partial charge >= 0.3 is 0 Å². The van der Waals surface area contributed by atoms with Crippen molar-refractivity contribution in [1.29, 1.82) is 0 Å². The Morgan fingerprint density at radius 1 is 1.19 bits per heavy atom. The molecule has 0 heterocycles. The molecule has 0 aliphatic carbocycles. The maximum absolute atomic E-state index is 13.8. The predicted molar refractivity (Wildman–Crippen MR) is 84.3 cm³/mol. The Morgan fingerprint density at radius 2 is 1.81 bits per heavy atom. The molecular formula is C14H13FN2O2S2. The summed E-state index contributed by atoms with van der Waals surface area (Å²) in [5, 5.41) is 0. The van der Waals surface area contributed by atoms with Gasteiger partial charge in [-0.15, -0.1) is 0 Å². The number of thiocarbonyl (C=S) groups is 1. The van der Waals surface area contributed by atoms with Crippen molar-refractivity contribution in [2.75, 3.05) is 4.72 Å². The van der Waals surface area contributed by atoms with Crippen LogP contribution in [0, 0.1) is 12.7 Å². The Kier molecular flexibility index (Phi) is 4.24. The van der Waals surface area contributed by atoms with Crippen molar-refractivity contribution < 1.29 is 12.8 Å². The Balaban J connectivity index is 2.47. The average molecular weight is 324 g/mol. The Morgan fingerprint density at radius 3 is 2.38 bits per heavy atom. The van der Waals surface area contributed by atoms with Crippen LogP contribution >= 0.6 is 12.2 Å². The molecular weight excluding hydrogens is 311 g/mol. The highest BCUT2D eigenvalue weighted by Gasteiger charge is 2.22. The quantitative estimate of drug-likeness (QED) is 0.848. The largest absolute Gasteiger partial charge is 0.389 e. The van der Waals surface area contributed by atoms with E-state index in [0.717, 1.165) is 11.6 Å². The Hall–Kier alpha value is -1.99. The summed E-state index contributed by atoms with van der Waals surface area (Å²) in [5.74, 6) is -0.769. The number of anilines is 1. The zero-order valence-corrected chi connectivity index (χ0v) is 12.8. The topological polar surface area (TPSA) is 72.2 Å². The molecule has 3 N–H and O–H groups in total. The van der Waals surface area contributed by atoms with E-state index in [1.807, 2.05) is 6.92 Å². The van der Waals surface area contributed by atoms with Crippen molar-refractivity contribution in [2.24, 2.45) is 5.73 Å². The van der Waals surface area contributed by atoms with Crippen LogP contribution in [0.4, 0.5) is 10.1 Å². The van der Waals surface area contributed by atoms with Crippen LogP contribution in [0.15, 0.2) is 47.4 Å². The fourth-order valence-electron chi connectivity index (χ4n) is 1.80.